The summed E-state index contributed by atoms with van der Waals surface area (Å²) in [4.78, 5) is 16.5. The lowest BCUT2D eigenvalue weighted by molar-refractivity contribution is 0.102. The molecular formula is C18H17N3O2. The molecule has 0 aliphatic rings. The lowest BCUT2D eigenvalue weighted by Crippen LogP contribution is -2.11. The fourth-order valence-corrected chi connectivity index (χ4v) is 2.26. The van der Waals surface area contributed by atoms with Gasteiger partial charge in [-0.05, 0) is 36.2 Å². The van der Waals surface area contributed by atoms with E-state index in [1.54, 1.807) is 19.1 Å². The van der Waals surface area contributed by atoms with Gasteiger partial charge < -0.3 is 9.84 Å². The molecule has 0 unspecified atom stereocenters. The van der Waals surface area contributed by atoms with Crippen molar-refractivity contribution < 1.29 is 9.32 Å². The first kappa shape index (κ1) is 15.0. The highest BCUT2D eigenvalue weighted by Gasteiger charge is 2.09. The summed E-state index contributed by atoms with van der Waals surface area (Å²) in [6.45, 7) is 3.82. The topological polar surface area (TPSA) is 68.0 Å². The summed E-state index contributed by atoms with van der Waals surface area (Å²) in [6.07, 6.45) is 0.933. The van der Waals surface area contributed by atoms with E-state index >= 15 is 0 Å². The lowest BCUT2D eigenvalue weighted by Gasteiger charge is -2.07. The Bertz CT molecular complexity index is 822. The summed E-state index contributed by atoms with van der Waals surface area (Å²) in [6, 6.07) is 15.0. The predicted octanol–water partition coefficient (Wildman–Crippen LogP) is 3.86. The molecule has 0 aliphatic carbocycles. The Balaban J connectivity index is 1.75. The van der Waals surface area contributed by atoms with Crippen LogP contribution in [0.2, 0.25) is 0 Å². The minimum absolute atomic E-state index is 0.144. The second-order valence-corrected chi connectivity index (χ2v) is 5.22. The number of benzene rings is 2. The molecule has 0 saturated carbocycles. The zero-order chi connectivity index (χ0) is 16.2. The highest BCUT2D eigenvalue weighted by molar-refractivity contribution is 6.04. The number of carbonyl (C=O) groups excluding carboxylic acids is 1. The Morgan fingerprint density at radius 1 is 1.17 bits per heavy atom. The smallest absolute Gasteiger partial charge is 0.255 e. The monoisotopic (exact) mass is 307 g/mol. The van der Waals surface area contributed by atoms with E-state index in [0.29, 0.717) is 17.3 Å². The van der Waals surface area contributed by atoms with E-state index in [0.717, 1.165) is 17.7 Å². The van der Waals surface area contributed by atoms with Crippen molar-refractivity contribution in [1.29, 1.82) is 0 Å². The zero-order valence-corrected chi connectivity index (χ0v) is 13.0. The molecule has 1 N–H and O–H groups in total. The van der Waals surface area contributed by atoms with Crippen LogP contribution in [0.4, 0.5) is 5.69 Å². The fraction of sp³-hybridized carbons (Fsp3) is 0.167. The molecule has 0 saturated heterocycles. The van der Waals surface area contributed by atoms with Crippen LogP contribution in [-0.2, 0) is 6.42 Å². The highest BCUT2D eigenvalue weighted by Crippen LogP contribution is 2.18. The van der Waals surface area contributed by atoms with Gasteiger partial charge in [0.2, 0.25) is 11.7 Å². The lowest BCUT2D eigenvalue weighted by atomic mass is 10.1. The van der Waals surface area contributed by atoms with E-state index < -0.39 is 0 Å². The molecule has 116 valence electrons. The van der Waals surface area contributed by atoms with Crippen LogP contribution >= 0.6 is 0 Å². The number of aromatic nitrogens is 2. The van der Waals surface area contributed by atoms with Gasteiger partial charge in [-0.15, -0.1) is 0 Å². The highest BCUT2D eigenvalue weighted by atomic mass is 16.5. The quantitative estimate of drug-likeness (QED) is 0.794. The summed E-state index contributed by atoms with van der Waals surface area (Å²) >= 11 is 0. The van der Waals surface area contributed by atoms with Crippen LogP contribution in [0.3, 0.4) is 0 Å². The van der Waals surface area contributed by atoms with Crippen LogP contribution < -0.4 is 5.32 Å². The normalized spacial score (nSPS) is 10.5. The number of hydrogen-bond acceptors (Lipinski definition) is 4. The number of nitrogens with zero attached hydrogens (tertiary/aromatic N) is 2. The first-order chi connectivity index (χ1) is 11.2. The van der Waals surface area contributed by atoms with Gasteiger partial charge in [-0.25, -0.2) is 0 Å². The predicted molar refractivity (Wildman–Crippen MR) is 88.2 cm³/mol. The second-order valence-electron chi connectivity index (χ2n) is 5.22. The molecule has 0 fully saturated rings. The van der Waals surface area contributed by atoms with Gasteiger partial charge in [0.25, 0.3) is 5.91 Å². The molecule has 1 heterocycles. The van der Waals surface area contributed by atoms with Gasteiger partial charge in [0.15, 0.2) is 0 Å². The molecule has 1 aromatic heterocycles. The molecule has 0 bridgehead atoms. The maximum atomic E-state index is 12.3. The fourth-order valence-electron chi connectivity index (χ4n) is 2.26. The minimum atomic E-state index is -0.144. The first-order valence-corrected chi connectivity index (χ1v) is 7.47. The number of anilines is 1. The van der Waals surface area contributed by atoms with Crippen molar-refractivity contribution in [3.8, 4) is 11.4 Å². The molecule has 2 aromatic carbocycles. The Morgan fingerprint density at radius 2 is 1.96 bits per heavy atom. The standard InChI is InChI=1S/C18H17N3O2/c1-3-13-5-4-6-16(11-13)20-18(22)15-9-7-14(8-10-15)17-19-12(2)23-21-17/h4-11H,3H2,1-2H3,(H,20,22). The van der Waals surface area contributed by atoms with Gasteiger partial charge >= 0.3 is 0 Å². The minimum Gasteiger partial charge on any atom is -0.339 e. The van der Waals surface area contributed by atoms with Crippen LogP contribution in [0.15, 0.2) is 53.1 Å². The van der Waals surface area contributed by atoms with Crippen molar-refractivity contribution in [2.75, 3.05) is 5.32 Å². The zero-order valence-electron chi connectivity index (χ0n) is 13.0. The van der Waals surface area contributed by atoms with Crippen LogP contribution in [0.5, 0.6) is 0 Å². The average Bonchev–Trinajstić information content (AvgIpc) is 3.01. The van der Waals surface area contributed by atoms with E-state index in [1.165, 1.54) is 5.56 Å². The summed E-state index contributed by atoms with van der Waals surface area (Å²) in [5.74, 6) is 0.886. The Morgan fingerprint density at radius 3 is 2.61 bits per heavy atom. The van der Waals surface area contributed by atoms with Gasteiger partial charge in [0.05, 0.1) is 0 Å². The maximum absolute atomic E-state index is 12.3. The summed E-state index contributed by atoms with van der Waals surface area (Å²) in [7, 11) is 0. The van der Waals surface area contributed by atoms with Crippen LogP contribution in [-0.4, -0.2) is 16.0 Å². The van der Waals surface area contributed by atoms with Crippen LogP contribution in [0.1, 0.15) is 28.7 Å². The van der Waals surface area contributed by atoms with E-state index in [2.05, 4.69) is 22.4 Å². The Hall–Kier alpha value is -2.95. The van der Waals surface area contributed by atoms with Gasteiger partial charge in [-0.1, -0.05) is 36.3 Å². The third-order valence-corrected chi connectivity index (χ3v) is 3.53. The molecule has 3 aromatic rings. The van der Waals surface area contributed by atoms with E-state index in [1.807, 2.05) is 36.4 Å². The molecule has 0 aliphatic heterocycles. The molecule has 0 spiro atoms. The Labute approximate surface area is 134 Å². The molecule has 5 nitrogen and oxygen atoms in total. The van der Waals surface area contributed by atoms with E-state index in [9.17, 15) is 4.79 Å². The molecule has 1 amide bonds. The van der Waals surface area contributed by atoms with Gasteiger partial charge in [0.1, 0.15) is 0 Å². The summed E-state index contributed by atoms with van der Waals surface area (Å²) in [5.41, 5.74) is 3.38. The second kappa shape index (κ2) is 6.44. The Kier molecular flexibility index (Phi) is 4.19. The molecule has 23 heavy (non-hydrogen) atoms. The third-order valence-electron chi connectivity index (χ3n) is 3.53. The van der Waals surface area contributed by atoms with Crippen molar-refractivity contribution in [1.82, 2.24) is 10.1 Å². The SMILES string of the molecule is CCc1cccc(NC(=O)c2ccc(-c3noc(C)n3)cc2)c1. The number of aryl methyl sites for hydroxylation is 2. The van der Waals surface area contributed by atoms with Crippen molar-refractivity contribution in [2.45, 2.75) is 20.3 Å². The van der Waals surface area contributed by atoms with Gasteiger partial charge in [-0.3, -0.25) is 4.79 Å². The number of nitrogens with one attached hydrogen (secondary N) is 1. The number of rotatable bonds is 4. The van der Waals surface area contributed by atoms with Crippen molar-refractivity contribution >= 4 is 11.6 Å². The van der Waals surface area contributed by atoms with Crippen LogP contribution in [0, 0.1) is 6.92 Å². The molecule has 5 heteroatoms. The summed E-state index contributed by atoms with van der Waals surface area (Å²) < 4.78 is 4.96. The van der Waals surface area contributed by atoms with Crippen molar-refractivity contribution in [2.24, 2.45) is 0 Å². The van der Waals surface area contributed by atoms with Crippen molar-refractivity contribution in [3.05, 3.63) is 65.5 Å². The van der Waals surface area contributed by atoms with Gasteiger partial charge in [0, 0.05) is 23.7 Å². The average molecular weight is 307 g/mol. The number of carbonyl (C=O) groups is 1. The third kappa shape index (κ3) is 3.45. The van der Waals surface area contributed by atoms with E-state index in [4.69, 9.17) is 4.52 Å². The van der Waals surface area contributed by atoms with Crippen molar-refractivity contribution in [3.63, 3.8) is 0 Å². The molecule has 3 rings (SSSR count). The summed E-state index contributed by atoms with van der Waals surface area (Å²) in [5, 5.41) is 6.77. The number of hydrogen-bond donors (Lipinski definition) is 1. The molecule has 0 radical (unpaired) electrons. The van der Waals surface area contributed by atoms with Gasteiger partial charge in [-0.2, -0.15) is 4.98 Å². The first-order valence-electron chi connectivity index (χ1n) is 7.47. The molecule has 0 atom stereocenters. The maximum Gasteiger partial charge on any atom is 0.255 e. The van der Waals surface area contributed by atoms with E-state index in [-0.39, 0.29) is 5.91 Å². The largest absolute Gasteiger partial charge is 0.339 e. The molecular weight excluding hydrogens is 290 g/mol. The van der Waals surface area contributed by atoms with Crippen LogP contribution in [0.25, 0.3) is 11.4 Å². The number of amides is 1.